The van der Waals surface area contributed by atoms with Crippen molar-refractivity contribution in [2.75, 3.05) is 20.8 Å². The second-order valence-corrected chi connectivity index (χ2v) is 9.79. The maximum atomic E-state index is 13.3. The Hall–Kier alpha value is -2.41. The fourth-order valence-electron chi connectivity index (χ4n) is 5.86. The number of methoxy groups -OCH3 is 1. The lowest BCUT2D eigenvalue weighted by Crippen LogP contribution is -2.58. The first-order valence-electron chi connectivity index (χ1n) is 11.8. The number of hydrogen-bond acceptors (Lipinski definition) is 5. The third-order valence-corrected chi connectivity index (χ3v) is 7.58. The summed E-state index contributed by atoms with van der Waals surface area (Å²) in [5, 5.41) is 21.5. The van der Waals surface area contributed by atoms with E-state index in [9.17, 15) is 15.0 Å². The molecule has 0 aliphatic carbocycles. The number of carbonyl (C=O) groups is 1. The predicted octanol–water partition coefficient (Wildman–Crippen LogP) is 3.76. The highest BCUT2D eigenvalue weighted by Crippen LogP contribution is 2.51. The van der Waals surface area contributed by atoms with E-state index in [1.807, 2.05) is 25.1 Å². The van der Waals surface area contributed by atoms with Gasteiger partial charge in [-0.1, -0.05) is 36.4 Å². The number of aliphatic hydroxyl groups is 2. The molecule has 2 aliphatic rings. The van der Waals surface area contributed by atoms with Gasteiger partial charge in [0.2, 0.25) is 0 Å². The van der Waals surface area contributed by atoms with Crippen LogP contribution >= 0.6 is 0 Å². The molecule has 2 aliphatic heterocycles. The molecular formula is C27H35NO5. The molecule has 1 amide bonds. The van der Waals surface area contributed by atoms with Crippen LogP contribution in [0.3, 0.4) is 0 Å². The van der Waals surface area contributed by atoms with Crippen LogP contribution in [0.4, 0.5) is 0 Å². The molecule has 33 heavy (non-hydrogen) atoms. The first-order valence-corrected chi connectivity index (χ1v) is 11.8. The molecule has 0 saturated carbocycles. The van der Waals surface area contributed by atoms with Gasteiger partial charge in [-0.3, -0.25) is 4.79 Å². The molecule has 0 aromatic heterocycles. The SMILES string of the molecule is COc1cccc(C(=O)N(C)[C@H]2CC[C@@]3(CCO)C[C@H](c4ccccc4)C[C@](C)(O3)[C@@H]2O)c1. The average Bonchev–Trinajstić information content (AvgIpc) is 2.90. The van der Waals surface area contributed by atoms with Crippen molar-refractivity contribution < 1.29 is 24.5 Å². The van der Waals surface area contributed by atoms with Gasteiger partial charge >= 0.3 is 0 Å². The Morgan fingerprint density at radius 3 is 2.64 bits per heavy atom. The predicted molar refractivity (Wildman–Crippen MR) is 126 cm³/mol. The van der Waals surface area contributed by atoms with Crippen LogP contribution in [-0.4, -0.2) is 65.1 Å². The van der Waals surface area contributed by atoms with Crippen LogP contribution in [0.15, 0.2) is 54.6 Å². The minimum absolute atomic E-state index is 0.0247. The zero-order chi connectivity index (χ0) is 23.6. The van der Waals surface area contributed by atoms with E-state index in [1.54, 1.807) is 43.3 Å². The maximum absolute atomic E-state index is 13.3. The van der Waals surface area contributed by atoms with Crippen molar-refractivity contribution in [1.82, 2.24) is 4.90 Å². The van der Waals surface area contributed by atoms with Gasteiger partial charge in [0.05, 0.1) is 24.4 Å². The zero-order valence-corrected chi connectivity index (χ0v) is 19.7. The van der Waals surface area contributed by atoms with Gasteiger partial charge in [0.1, 0.15) is 11.9 Å². The fraction of sp³-hybridized carbons (Fsp3) is 0.519. The third-order valence-electron chi connectivity index (χ3n) is 7.58. The molecule has 2 N–H and O–H groups in total. The van der Waals surface area contributed by atoms with Crippen LogP contribution in [0.1, 0.15) is 60.9 Å². The Morgan fingerprint density at radius 1 is 1.18 bits per heavy atom. The van der Waals surface area contributed by atoms with E-state index in [0.29, 0.717) is 37.0 Å². The third kappa shape index (κ3) is 4.65. The van der Waals surface area contributed by atoms with Crippen molar-refractivity contribution in [3.05, 3.63) is 65.7 Å². The molecule has 2 bridgehead atoms. The molecule has 2 saturated heterocycles. The van der Waals surface area contributed by atoms with Gasteiger partial charge in [-0.2, -0.15) is 0 Å². The Morgan fingerprint density at radius 2 is 1.94 bits per heavy atom. The van der Waals surface area contributed by atoms with E-state index in [1.165, 1.54) is 5.56 Å². The van der Waals surface area contributed by atoms with Gasteiger partial charge in [0, 0.05) is 19.2 Å². The molecule has 178 valence electrons. The van der Waals surface area contributed by atoms with Crippen LogP contribution in [0.2, 0.25) is 0 Å². The number of aliphatic hydroxyl groups excluding tert-OH is 2. The first-order chi connectivity index (χ1) is 15.8. The summed E-state index contributed by atoms with van der Waals surface area (Å²) < 4.78 is 11.9. The number of likely N-dealkylation sites (N-methyl/N-ethyl adjacent to an activating group) is 1. The summed E-state index contributed by atoms with van der Waals surface area (Å²) >= 11 is 0. The molecule has 2 heterocycles. The molecule has 0 radical (unpaired) electrons. The Balaban J connectivity index is 1.65. The molecule has 4 rings (SSSR count). The molecule has 5 atom stereocenters. The van der Waals surface area contributed by atoms with E-state index < -0.39 is 23.3 Å². The lowest BCUT2D eigenvalue weighted by atomic mass is 9.73. The number of fused-ring (bicyclic) bond motifs is 2. The summed E-state index contributed by atoms with van der Waals surface area (Å²) in [5.41, 5.74) is 0.380. The minimum Gasteiger partial charge on any atom is -0.497 e. The summed E-state index contributed by atoms with van der Waals surface area (Å²) in [6.07, 6.45) is 2.38. The topological polar surface area (TPSA) is 79.2 Å². The summed E-state index contributed by atoms with van der Waals surface area (Å²) in [5.74, 6) is 0.674. The average molecular weight is 454 g/mol. The number of benzene rings is 2. The van der Waals surface area contributed by atoms with Crippen molar-refractivity contribution in [3.8, 4) is 5.75 Å². The molecule has 0 spiro atoms. The van der Waals surface area contributed by atoms with Gasteiger partial charge in [-0.25, -0.2) is 0 Å². The Kier molecular flexibility index (Phi) is 6.80. The van der Waals surface area contributed by atoms with Crippen LogP contribution < -0.4 is 4.74 Å². The second kappa shape index (κ2) is 9.45. The highest BCUT2D eigenvalue weighted by molar-refractivity contribution is 5.94. The van der Waals surface area contributed by atoms with E-state index in [2.05, 4.69) is 12.1 Å². The summed E-state index contributed by atoms with van der Waals surface area (Å²) in [6, 6.07) is 17.0. The molecule has 0 unspecified atom stereocenters. The smallest absolute Gasteiger partial charge is 0.254 e. The number of rotatable bonds is 6. The minimum atomic E-state index is -0.857. The number of hydrogen-bond donors (Lipinski definition) is 2. The van der Waals surface area contributed by atoms with Crippen molar-refractivity contribution in [1.29, 1.82) is 0 Å². The van der Waals surface area contributed by atoms with E-state index >= 15 is 0 Å². The largest absolute Gasteiger partial charge is 0.497 e. The van der Waals surface area contributed by atoms with Crippen molar-refractivity contribution >= 4 is 5.91 Å². The van der Waals surface area contributed by atoms with Crippen molar-refractivity contribution in [2.45, 2.75) is 68.3 Å². The standard InChI is InChI=1S/C27H35NO5/c1-26-17-21(19-8-5-4-6-9-19)18-27(33-26,14-15-29)13-12-23(24(26)30)28(2)25(31)20-10-7-11-22(16-20)32-3/h4-11,16,21,23-24,29-30H,12-15,17-18H2,1-3H3/t21-,23+,24-,26+,27-/m1/s1. The van der Waals surface area contributed by atoms with E-state index in [-0.39, 0.29) is 18.4 Å². The summed E-state index contributed by atoms with van der Waals surface area (Å²) in [4.78, 5) is 15.0. The molecule has 2 fully saturated rings. The van der Waals surface area contributed by atoms with Crippen molar-refractivity contribution in [3.63, 3.8) is 0 Å². The van der Waals surface area contributed by atoms with E-state index in [4.69, 9.17) is 9.47 Å². The fourth-order valence-corrected chi connectivity index (χ4v) is 5.86. The highest BCUT2D eigenvalue weighted by atomic mass is 16.5. The van der Waals surface area contributed by atoms with Gasteiger partial charge in [-0.15, -0.1) is 0 Å². The van der Waals surface area contributed by atoms with Crippen LogP contribution in [0, 0.1) is 0 Å². The molecule has 2 aromatic carbocycles. The summed E-state index contributed by atoms with van der Waals surface area (Å²) in [7, 11) is 3.33. The molecule has 6 heteroatoms. The van der Waals surface area contributed by atoms with Gasteiger partial charge in [0.15, 0.2) is 0 Å². The van der Waals surface area contributed by atoms with Gasteiger partial charge in [0.25, 0.3) is 5.91 Å². The number of ether oxygens (including phenoxy) is 2. The summed E-state index contributed by atoms with van der Waals surface area (Å²) in [6.45, 7) is 1.98. The van der Waals surface area contributed by atoms with Gasteiger partial charge in [-0.05, 0) is 68.7 Å². The number of carbonyl (C=O) groups excluding carboxylic acids is 1. The zero-order valence-electron chi connectivity index (χ0n) is 19.7. The van der Waals surface area contributed by atoms with Crippen molar-refractivity contribution in [2.24, 2.45) is 0 Å². The molecular weight excluding hydrogens is 418 g/mol. The van der Waals surface area contributed by atoms with E-state index in [0.717, 1.165) is 6.42 Å². The first kappa shape index (κ1) is 23.7. The quantitative estimate of drug-likeness (QED) is 0.696. The Labute approximate surface area is 196 Å². The maximum Gasteiger partial charge on any atom is 0.254 e. The lowest BCUT2D eigenvalue weighted by Gasteiger charge is -2.50. The van der Waals surface area contributed by atoms with Gasteiger partial charge < -0.3 is 24.6 Å². The number of amides is 1. The normalized spacial score (nSPS) is 31.5. The monoisotopic (exact) mass is 453 g/mol. The van der Waals surface area contributed by atoms with Crippen LogP contribution in [-0.2, 0) is 4.74 Å². The molecule has 2 aromatic rings. The Bertz CT molecular complexity index is 966. The number of nitrogens with zero attached hydrogens (tertiary/aromatic N) is 1. The second-order valence-electron chi connectivity index (χ2n) is 9.79. The lowest BCUT2D eigenvalue weighted by molar-refractivity contribution is -0.225. The molecule has 6 nitrogen and oxygen atoms in total. The highest BCUT2D eigenvalue weighted by Gasteiger charge is 2.55. The van der Waals surface area contributed by atoms with Crippen LogP contribution in [0.5, 0.6) is 5.75 Å². The van der Waals surface area contributed by atoms with Crippen LogP contribution in [0.25, 0.3) is 0 Å².